The summed E-state index contributed by atoms with van der Waals surface area (Å²) in [6, 6.07) is 0. The first kappa shape index (κ1) is 18.1. The second-order valence-electron chi connectivity index (χ2n) is 5.47. The van der Waals surface area contributed by atoms with Gasteiger partial charge in [0, 0.05) is 37.4 Å². The van der Waals surface area contributed by atoms with Gasteiger partial charge in [-0.05, 0) is 40.8 Å². The normalized spacial score (nSPS) is 18.0. The molecule has 2 rings (SSSR count). The van der Waals surface area contributed by atoms with E-state index in [4.69, 9.17) is 5.41 Å². The van der Waals surface area contributed by atoms with Gasteiger partial charge in [-0.1, -0.05) is 6.92 Å². The van der Waals surface area contributed by atoms with Crippen LogP contribution in [0.3, 0.4) is 0 Å². The third kappa shape index (κ3) is 4.60. The van der Waals surface area contributed by atoms with Gasteiger partial charge in [0.15, 0.2) is 0 Å². The molecule has 1 aliphatic heterocycles. The lowest BCUT2D eigenvalue weighted by molar-refractivity contribution is -0.144. The smallest absolute Gasteiger partial charge is 0.314 e. The number of piperidine rings is 1. The van der Waals surface area contributed by atoms with Crippen LogP contribution < -0.4 is 10.4 Å². The van der Waals surface area contributed by atoms with Crippen LogP contribution in [0.15, 0.2) is 12.4 Å². The zero-order valence-electron chi connectivity index (χ0n) is 12.7. The standard InChI is InChI=1S/C14H19IN5O2P/c1-9-3-2-4-20(8-9)14(22)13(21)18-11-7-17-6-10(5-16)12(11)19-23-15/h5-7,9,16,23H,2-4,8H2,1H3,(H,17,19)(H,18,21). The van der Waals surface area contributed by atoms with Crippen LogP contribution in [0.25, 0.3) is 0 Å². The lowest BCUT2D eigenvalue weighted by atomic mass is 10.0. The number of carbonyl (C=O) groups excluding carboxylic acids is 2. The summed E-state index contributed by atoms with van der Waals surface area (Å²) in [5, 5.41) is 13.2. The zero-order valence-corrected chi connectivity index (χ0v) is 15.9. The van der Waals surface area contributed by atoms with E-state index in [0.717, 1.165) is 19.1 Å². The van der Waals surface area contributed by atoms with Crippen molar-refractivity contribution in [3.8, 4) is 0 Å². The molecule has 9 heteroatoms. The van der Waals surface area contributed by atoms with Gasteiger partial charge in [0.2, 0.25) is 0 Å². The second-order valence-corrected chi connectivity index (χ2v) is 7.52. The summed E-state index contributed by atoms with van der Waals surface area (Å²) < 4.78 is 0. The largest absolute Gasteiger partial charge is 0.356 e. The first-order valence-electron chi connectivity index (χ1n) is 7.27. The monoisotopic (exact) mass is 447 g/mol. The fourth-order valence-electron chi connectivity index (χ4n) is 2.56. The van der Waals surface area contributed by atoms with E-state index in [2.05, 4.69) is 44.4 Å². The van der Waals surface area contributed by atoms with Crippen LogP contribution in [0.5, 0.6) is 0 Å². The third-order valence-corrected chi connectivity index (χ3v) is 4.84. The summed E-state index contributed by atoms with van der Waals surface area (Å²) in [6.07, 6.45) is 6.56. The van der Waals surface area contributed by atoms with Crippen molar-refractivity contribution in [1.29, 1.82) is 5.41 Å². The van der Waals surface area contributed by atoms with E-state index < -0.39 is 11.8 Å². The fourth-order valence-corrected chi connectivity index (χ4v) is 3.74. The minimum absolute atomic E-state index is 0.366. The molecule has 1 aromatic heterocycles. The number of pyridine rings is 1. The quantitative estimate of drug-likeness (QED) is 0.286. The molecule has 0 aromatic carbocycles. The molecule has 2 unspecified atom stereocenters. The Kier molecular flexibility index (Phi) is 6.71. The lowest BCUT2D eigenvalue weighted by Gasteiger charge is -2.30. The number of anilines is 2. The molecule has 0 bridgehead atoms. The molecule has 124 valence electrons. The zero-order chi connectivity index (χ0) is 16.8. The Morgan fingerprint density at radius 3 is 2.96 bits per heavy atom. The molecule has 1 aromatic rings. The van der Waals surface area contributed by atoms with Gasteiger partial charge in [0.25, 0.3) is 0 Å². The Morgan fingerprint density at radius 2 is 2.30 bits per heavy atom. The van der Waals surface area contributed by atoms with Gasteiger partial charge in [-0.15, -0.1) is 0 Å². The maximum absolute atomic E-state index is 12.3. The highest BCUT2D eigenvalue weighted by Crippen LogP contribution is 2.31. The Hall–Kier alpha value is -1.28. The minimum Gasteiger partial charge on any atom is -0.356 e. The van der Waals surface area contributed by atoms with Crippen molar-refractivity contribution in [2.75, 3.05) is 23.5 Å². The van der Waals surface area contributed by atoms with Crippen LogP contribution in [0.2, 0.25) is 0 Å². The topological polar surface area (TPSA) is 98.2 Å². The van der Waals surface area contributed by atoms with Crippen molar-refractivity contribution in [1.82, 2.24) is 9.88 Å². The highest BCUT2D eigenvalue weighted by atomic mass is 127. The molecule has 2 heterocycles. The van der Waals surface area contributed by atoms with Gasteiger partial charge in [-0.2, -0.15) is 0 Å². The first-order valence-corrected chi connectivity index (χ1v) is 11.4. The first-order chi connectivity index (χ1) is 11.1. The molecule has 1 fully saturated rings. The van der Waals surface area contributed by atoms with Gasteiger partial charge in [-0.25, -0.2) is 0 Å². The van der Waals surface area contributed by atoms with E-state index in [9.17, 15) is 9.59 Å². The van der Waals surface area contributed by atoms with Crippen LogP contribution >= 0.6 is 28.4 Å². The molecule has 3 N–H and O–H groups in total. The molecular weight excluding hydrogens is 428 g/mol. The van der Waals surface area contributed by atoms with Crippen LogP contribution in [-0.4, -0.2) is 41.0 Å². The predicted octanol–water partition coefficient (Wildman–Crippen LogP) is 2.63. The van der Waals surface area contributed by atoms with Gasteiger partial charge in [0.05, 0.1) is 17.6 Å². The van der Waals surface area contributed by atoms with Crippen LogP contribution in [0.1, 0.15) is 25.3 Å². The fraction of sp³-hybridized carbons (Fsp3) is 0.429. The summed E-state index contributed by atoms with van der Waals surface area (Å²) in [4.78, 5) is 30.2. The summed E-state index contributed by atoms with van der Waals surface area (Å²) in [5.41, 5.74) is 1.58. The van der Waals surface area contributed by atoms with Gasteiger partial charge in [0.1, 0.15) is 0 Å². The van der Waals surface area contributed by atoms with Crippen molar-refractivity contribution in [3.63, 3.8) is 0 Å². The van der Waals surface area contributed by atoms with Gasteiger partial charge in [-0.3, -0.25) is 14.6 Å². The van der Waals surface area contributed by atoms with Crippen LogP contribution in [0.4, 0.5) is 11.4 Å². The van der Waals surface area contributed by atoms with Crippen molar-refractivity contribution in [2.45, 2.75) is 19.8 Å². The molecule has 1 aliphatic rings. The number of nitrogens with zero attached hydrogens (tertiary/aromatic N) is 2. The number of halogens is 1. The minimum atomic E-state index is -0.664. The number of hydrogen-bond donors (Lipinski definition) is 3. The highest BCUT2D eigenvalue weighted by Gasteiger charge is 2.26. The molecular formula is C14H19IN5O2P. The maximum atomic E-state index is 12.3. The molecule has 2 amide bonds. The Bertz CT molecular complexity index is 613. The predicted molar refractivity (Wildman–Crippen MR) is 102 cm³/mol. The average Bonchev–Trinajstić information content (AvgIpc) is 2.55. The van der Waals surface area contributed by atoms with E-state index >= 15 is 0 Å². The van der Waals surface area contributed by atoms with E-state index in [1.54, 1.807) is 4.90 Å². The molecule has 1 saturated heterocycles. The summed E-state index contributed by atoms with van der Waals surface area (Å²) in [5.74, 6) is -0.761. The summed E-state index contributed by atoms with van der Waals surface area (Å²) in [6.45, 7) is 3.32. The van der Waals surface area contributed by atoms with Crippen molar-refractivity contribution in [3.05, 3.63) is 18.0 Å². The van der Waals surface area contributed by atoms with Crippen LogP contribution in [0, 0.1) is 11.3 Å². The molecule has 0 saturated carbocycles. The Balaban J connectivity index is 2.13. The molecule has 23 heavy (non-hydrogen) atoms. The molecule has 0 spiro atoms. The number of nitrogens with one attached hydrogen (secondary N) is 3. The SMILES string of the molecule is CC1CCCN(C(=O)C(=O)Nc2cncc(C=N)c2NPI)C1. The second kappa shape index (κ2) is 8.54. The molecule has 7 nitrogen and oxygen atoms in total. The van der Waals surface area contributed by atoms with Gasteiger partial charge < -0.3 is 20.7 Å². The molecule has 0 aliphatic carbocycles. The van der Waals surface area contributed by atoms with Crippen LogP contribution in [-0.2, 0) is 9.59 Å². The summed E-state index contributed by atoms with van der Waals surface area (Å²) >= 11 is 2.16. The van der Waals surface area contributed by atoms with E-state index in [1.807, 2.05) is 0 Å². The lowest BCUT2D eigenvalue weighted by Crippen LogP contribution is -2.44. The van der Waals surface area contributed by atoms with Crippen molar-refractivity contribution in [2.24, 2.45) is 5.92 Å². The number of carbonyl (C=O) groups is 2. The van der Waals surface area contributed by atoms with E-state index in [1.165, 1.54) is 12.4 Å². The Labute approximate surface area is 149 Å². The Morgan fingerprint density at radius 1 is 1.52 bits per heavy atom. The molecule has 2 atom stereocenters. The average molecular weight is 447 g/mol. The number of hydrogen-bond acceptors (Lipinski definition) is 5. The molecule has 0 radical (unpaired) electrons. The number of rotatable bonds is 4. The number of likely N-dealkylation sites (tertiary alicyclic amines) is 1. The van der Waals surface area contributed by atoms with Crippen molar-refractivity contribution < 1.29 is 9.59 Å². The summed E-state index contributed by atoms with van der Waals surface area (Å²) in [7, 11) is 0. The van der Waals surface area contributed by atoms with Crippen molar-refractivity contribution >= 4 is 57.8 Å². The number of amides is 2. The highest BCUT2D eigenvalue weighted by molar-refractivity contribution is 14.2. The number of aromatic nitrogens is 1. The van der Waals surface area contributed by atoms with Gasteiger partial charge >= 0.3 is 11.8 Å². The van der Waals surface area contributed by atoms with E-state index in [-0.39, 0.29) is 0 Å². The van der Waals surface area contributed by atoms with E-state index in [0.29, 0.717) is 42.3 Å². The maximum Gasteiger partial charge on any atom is 0.314 e. The third-order valence-electron chi connectivity index (χ3n) is 3.69.